The normalized spacial score (nSPS) is 12.4. The second-order valence-electron chi connectivity index (χ2n) is 7.86. The monoisotopic (exact) mass is 460 g/mol. The number of hydrogen-bond donors (Lipinski definition) is 3. The van der Waals surface area contributed by atoms with E-state index in [1.807, 2.05) is 19.9 Å². The van der Waals surface area contributed by atoms with Gasteiger partial charge in [0.05, 0.1) is 29.3 Å². The van der Waals surface area contributed by atoms with Crippen molar-refractivity contribution >= 4 is 28.2 Å². The number of nitrogens with two attached hydrogens (primary N) is 2. The topological polar surface area (TPSA) is 125 Å². The average molecular weight is 461 g/mol. The molecular weight excluding hydrogens is 435 g/mol. The fourth-order valence-corrected chi connectivity index (χ4v) is 3.60. The summed E-state index contributed by atoms with van der Waals surface area (Å²) in [5, 5.41) is 5.18. The number of pyridine rings is 1. The van der Waals surface area contributed by atoms with Gasteiger partial charge in [-0.3, -0.25) is 4.79 Å². The zero-order valence-electron chi connectivity index (χ0n) is 19.3. The van der Waals surface area contributed by atoms with Gasteiger partial charge in [0.25, 0.3) is 0 Å². The quantitative estimate of drug-likeness (QED) is 0.162. The van der Waals surface area contributed by atoms with Gasteiger partial charge in [0, 0.05) is 22.7 Å². The molecule has 0 radical (unpaired) electrons. The minimum absolute atomic E-state index is 0.0731. The summed E-state index contributed by atoms with van der Waals surface area (Å²) in [5.74, 6) is -0.307. The van der Waals surface area contributed by atoms with Gasteiger partial charge in [-0.05, 0) is 69.2 Å². The van der Waals surface area contributed by atoms with Crippen molar-refractivity contribution in [2.45, 2.75) is 27.7 Å². The summed E-state index contributed by atoms with van der Waals surface area (Å²) < 4.78 is 20.9. The van der Waals surface area contributed by atoms with Crippen molar-refractivity contribution in [2.75, 3.05) is 11.5 Å². The number of aromatic amines is 1. The summed E-state index contributed by atoms with van der Waals surface area (Å²) in [6, 6.07) is 7.14. The second-order valence-corrected chi connectivity index (χ2v) is 7.86. The number of H-pyrrole nitrogens is 1. The number of rotatable bonds is 6. The number of fused-ring (bicyclic) bond motifs is 1. The van der Waals surface area contributed by atoms with E-state index in [2.05, 4.69) is 15.1 Å². The number of allylic oxidation sites excluding steroid dienone is 3. The molecule has 4 rings (SSSR count). The summed E-state index contributed by atoms with van der Waals surface area (Å²) in [4.78, 5) is 20.5. The van der Waals surface area contributed by atoms with E-state index in [0.29, 0.717) is 17.1 Å². The molecule has 0 aliphatic rings. The summed E-state index contributed by atoms with van der Waals surface area (Å²) in [6.07, 6.45) is 5.76. The van der Waals surface area contributed by atoms with Crippen LogP contribution in [0, 0.1) is 13.8 Å². The van der Waals surface area contributed by atoms with Crippen LogP contribution >= 0.6 is 0 Å². The van der Waals surface area contributed by atoms with Crippen LogP contribution in [0.4, 0.5) is 15.9 Å². The third-order valence-electron chi connectivity index (χ3n) is 5.55. The highest BCUT2D eigenvalue weighted by molar-refractivity contribution is 6.12. The van der Waals surface area contributed by atoms with Gasteiger partial charge in [-0.1, -0.05) is 0 Å². The molecule has 3 aromatic heterocycles. The fraction of sp³-hybridized carbons (Fsp3) is 0.160. The lowest BCUT2D eigenvalue weighted by Crippen LogP contribution is -2.09. The number of anilines is 2. The lowest BCUT2D eigenvalue weighted by Gasteiger charge is -2.11. The minimum Gasteiger partial charge on any atom is -0.436 e. The molecule has 4 aromatic rings. The Kier molecular flexibility index (Phi) is 5.93. The van der Waals surface area contributed by atoms with Gasteiger partial charge in [-0.2, -0.15) is 5.10 Å². The van der Waals surface area contributed by atoms with E-state index < -0.39 is 5.83 Å². The largest absolute Gasteiger partial charge is 0.436 e. The van der Waals surface area contributed by atoms with Gasteiger partial charge < -0.3 is 21.2 Å². The zero-order valence-corrected chi connectivity index (χ0v) is 19.3. The number of nitrogens with zero attached hydrogens (tertiary/aromatic N) is 3. The first-order valence-electron chi connectivity index (χ1n) is 10.6. The van der Waals surface area contributed by atoms with Crippen molar-refractivity contribution in [2.24, 2.45) is 0 Å². The van der Waals surface area contributed by atoms with E-state index in [-0.39, 0.29) is 28.8 Å². The molecule has 0 saturated carbocycles. The Morgan fingerprint density at radius 3 is 2.53 bits per heavy atom. The Labute approximate surface area is 195 Å². The highest BCUT2D eigenvalue weighted by Crippen LogP contribution is 2.27. The van der Waals surface area contributed by atoms with Crippen LogP contribution in [0.3, 0.4) is 0 Å². The lowest BCUT2D eigenvalue weighted by atomic mass is 10.1. The standard InChI is InChI=1S/C25H25FN6O2/c1-5-17(26)22(6-2)34-23-8-14(4)21(12-29-23)32-25(28)16(11-30-32)24(33)20-9-15-7-13(3)18(27)10-19(15)31-20/h5-12,31H,27-28H2,1-4H3/b17-5+,22-6+. The smallest absolute Gasteiger partial charge is 0.219 e. The number of ether oxygens (including phenoxy) is 1. The molecule has 0 aliphatic carbocycles. The number of aromatic nitrogens is 4. The maximum absolute atomic E-state index is 13.9. The molecule has 1 aromatic carbocycles. The van der Waals surface area contributed by atoms with Crippen LogP contribution in [0.5, 0.6) is 5.88 Å². The molecular formula is C25H25FN6O2. The summed E-state index contributed by atoms with van der Waals surface area (Å²) in [5.41, 5.74) is 16.6. The number of halogens is 1. The van der Waals surface area contributed by atoms with E-state index in [1.165, 1.54) is 29.2 Å². The first-order valence-corrected chi connectivity index (χ1v) is 10.6. The van der Waals surface area contributed by atoms with Crippen molar-refractivity contribution in [3.63, 3.8) is 0 Å². The molecule has 8 nitrogen and oxygen atoms in total. The number of nitrogen functional groups attached to an aromatic ring is 2. The molecule has 0 amide bonds. The third-order valence-corrected chi connectivity index (χ3v) is 5.55. The molecule has 174 valence electrons. The maximum Gasteiger partial charge on any atom is 0.219 e. The van der Waals surface area contributed by atoms with Crippen LogP contribution in [0.25, 0.3) is 16.6 Å². The van der Waals surface area contributed by atoms with Crippen molar-refractivity contribution in [3.8, 4) is 11.6 Å². The summed E-state index contributed by atoms with van der Waals surface area (Å²) in [6.45, 7) is 6.98. The Bertz CT molecular complexity index is 1440. The van der Waals surface area contributed by atoms with Gasteiger partial charge in [0.15, 0.2) is 11.6 Å². The number of carbonyl (C=O) groups excluding carboxylic acids is 1. The molecule has 0 spiro atoms. The van der Waals surface area contributed by atoms with Crippen molar-refractivity contribution in [3.05, 3.63) is 82.8 Å². The second kappa shape index (κ2) is 8.86. The molecule has 0 fully saturated rings. The number of aryl methyl sites for hydroxylation is 2. The predicted octanol–water partition coefficient (Wildman–Crippen LogP) is 4.92. The highest BCUT2D eigenvalue weighted by atomic mass is 19.1. The first kappa shape index (κ1) is 22.8. The number of carbonyl (C=O) groups is 1. The highest BCUT2D eigenvalue weighted by Gasteiger charge is 2.21. The molecule has 5 N–H and O–H groups in total. The van der Waals surface area contributed by atoms with E-state index >= 15 is 0 Å². The zero-order chi connectivity index (χ0) is 24.6. The van der Waals surface area contributed by atoms with Crippen molar-refractivity contribution in [1.82, 2.24) is 19.7 Å². The molecule has 34 heavy (non-hydrogen) atoms. The Morgan fingerprint density at radius 2 is 1.85 bits per heavy atom. The molecule has 3 heterocycles. The van der Waals surface area contributed by atoms with Gasteiger partial charge >= 0.3 is 0 Å². The molecule has 0 unspecified atom stereocenters. The minimum atomic E-state index is -0.486. The Morgan fingerprint density at radius 1 is 1.09 bits per heavy atom. The van der Waals surface area contributed by atoms with Gasteiger partial charge in [0.2, 0.25) is 11.7 Å². The van der Waals surface area contributed by atoms with E-state index in [4.69, 9.17) is 16.2 Å². The third kappa shape index (κ3) is 4.03. The predicted molar refractivity (Wildman–Crippen MR) is 131 cm³/mol. The van der Waals surface area contributed by atoms with Crippen LogP contribution in [0.2, 0.25) is 0 Å². The van der Waals surface area contributed by atoms with E-state index in [0.717, 1.165) is 22.0 Å². The van der Waals surface area contributed by atoms with E-state index in [1.54, 1.807) is 32.0 Å². The summed E-state index contributed by atoms with van der Waals surface area (Å²) in [7, 11) is 0. The van der Waals surface area contributed by atoms with Crippen molar-refractivity contribution < 1.29 is 13.9 Å². The van der Waals surface area contributed by atoms with Crippen molar-refractivity contribution in [1.29, 1.82) is 0 Å². The van der Waals surface area contributed by atoms with Crippen LogP contribution in [0.15, 0.2) is 60.4 Å². The SMILES string of the molecule is C/C=C(F)\C(=C/C)Oc1cc(C)c(-n2ncc(C(=O)c3cc4cc(C)c(N)cc4[nH]3)c2N)cn1. The Hall–Kier alpha value is -4.40. The molecule has 0 bridgehead atoms. The van der Waals surface area contributed by atoms with Gasteiger partial charge in [0.1, 0.15) is 5.82 Å². The van der Waals surface area contributed by atoms with Crippen LogP contribution in [-0.2, 0) is 0 Å². The van der Waals surface area contributed by atoms with Gasteiger partial charge in [-0.15, -0.1) is 0 Å². The summed E-state index contributed by atoms with van der Waals surface area (Å²) >= 11 is 0. The average Bonchev–Trinajstić information content (AvgIpc) is 3.40. The molecule has 9 heteroatoms. The van der Waals surface area contributed by atoms with E-state index in [9.17, 15) is 9.18 Å². The number of benzene rings is 1. The first-order chi connectivity index (χ1) is 16.2. The molecule has 0 aliphatic heterocycles. The Balaban J connectivity index is 1.64. The lowest BCUT2D eigenvalue weighted by molar-refractivity contribution is 0.103. The number of hydrogen-bond acceptors (Lipinski definition) is 6. The number of nitrogens with one attached hydrogen (secondary N) is 1. The maximum atomic E-state index is 13.9. The number of ketones is 1. The van der Waals surface area contributed by atoms with Crippen LogP contribution < -0.4 is 16.2 Å². The van der Waals surface area contributed by atoms with Crippen LogP contribution in [-0.4, -0.2) is 25.5 Å². The molecule has 0 saturated heterocycles. The van der Waals surface area contributed by atoms with Crippen LogP contribution in [0.1, 0.15) is 41.0 Å². The fourth-order valence-electron chi connectivity index (χ4n) is 3.60. The van der Waals surface area contributed by atoms with Gasteiger partial charge in [-0.25, -0.2) is 14.1 Å². The molecule has 0 atom stereocenters.